The molecule has 2 aliphatic rings. The number of rotatable bonds is 4. The van der Waals surface area contributed by atoms with Crippen LogP contribution >= 0.6 is 0 Å². The predicted octanol–water partition coefficient (Wildman–Crippen LogP) is 0.961. The molecule has 3 rings (SSSR count). The molecule has 2 saturated heterocycles. The third-order valence-electron chi connectivity index (χ3n) is 4.34. The van der Waals surface area contributed by atoms with E-state index in [0.29, 0.717) is 32.5 Å². The molecule has 1 atom stereocenters. The summed E-state index contributed by atoms with van der Waals surface area (Å²) >= 11 is 0. The molecule has 3 heterocycles. The second-order valence-corrected chi connectivity index (χ2v) is 5.98. The van der Waals surface area contributed by atoms with E-state index in [9.17, 15) is 9.59 Å². The molecule has 0 bridgehead atoms. The Labute approximate surface area is 135 Å². The van der Waals surface area contributed by atoms with Crippen LogP contribution in [0.1, 0.15) is 12.8 Å². The molecule has 1 unspecified atom stereocenters. The Morgan fingerprint density at radius 2 is 2.09 bits per heavy atom. The maximum Gasteiger partial charge on any atom is 0.409 e. The number of hydrogen-bond donors (Lipinski definition) is 0. The molecule has 0 aromatic carbocycles. The van der Waals surface area contributed by atoms with Crippen molar-refractivity contribution in [2.75, 3.05) is 44.7 Å². The Morgan fingerprint density at radius 3 is 2.70 bits per heavy atom. The van der Waals surface area contributed by atoms with Crippen LogP contribution in [0.5, 0.6) is 0 Å². The minimum atomic E-state index is -0.300. The van der Waals surface area contributed by atoms with Crippen LogP contribution in [0.3, 0.4) is 0 Å². The highest BCUT2D eigenvalue weighted by molar-refractivity contribution is 5.76. The number of nitrogens with zero attached hydrogens (tertiary/aromatic N) is 4. The van der Waals surface area contributed by atoms with Gasteiger partial charge in [0, 0.05) is 45.8 Å². The molecule has 0 spiro atoms. The smallest absolute Gasteiger partial charge is 0.409 e. The number of piperazine rings is 1. The van der Waals surface area contributed by atoms with Gasteiger partial charge < -0.3 is 19.4 Å². The second kappa shape index (κ2) is 6.85. The maximum atomic E-state index is 12.3. The number of amides is 2. The van der Waals surface area contributed by atoms with Crippen LogP contribution in [0.4, 0.5) is 10.6 Å². The van der Waals surface area contributed by atoms with Crippen molar-refractivity contribution < 1.29 is 14.3 Å². The number of anilines is 1. The average molecular weight is 318 g/mol. The Morgan fingerprint density at radius 1 is 1.30 bits per heavy atom. The molecule has 0 saturated carbocycles. The minimum Gasteiger partial charge on any atom is -0.444 e. The summed E-state index contributed by atoms with van der Waals surface area (Å²) in [4.78, 5) is 33.6. The summed E-state index contributed by atoms with van der Waals surface area (Å²) in [5.74, 6) is 1.09. The molecule has 124 valence electrons. The minimum absolute atomic E-state index is 0.135. The van der Waals surface area contributed by atoms with E-state index >= 15 is 0 Å². The van der Waals surface area contributed by atoms with Gasteiger partial charge in [-0.2, -0.15) is 0 Å². The predicted molar refractivity (Wildman–Crippen MR) is 85.2 cm³/mol. The zero-order chi connectivity index (χ0) is 16.2. The molecule has 0 N–H and O–H groups in total. The molecular formula is C16H22N4O3. The van der Waals surface area contributed by atoms with Crippen molar-refractivity contribution in [2.24, 2.45) is 0 Å². The first-order chi connectivity index (χ1) is 11.1. The van der Waals surface area contributed by atoms with Crippen LogP contribution in [0.25, 0.3) is 0 Å². The molecule has 0 radical (unpaired) electrons. The Kier molecular flexibility index (Phi) is 4.64. The van der Waals surface area contributed by atoms with E-state index in [-0.39, 0.29) is 18.1 Å². The number of cyclic esters (lactones) is 1. The van der Waals surface area contributed by atoms with Gasteiger partial charge in [-0.1, -0.05) is 6.07 Å². The highest BCUT2D eigenvalue weighted by atomic mass is 16.6. The van der Waals surface area contributed by atoms with Crippen molar-refractivity contribution in [1.29, 1.82) is 0 Å². The highest BCUT2D eigenvalue weighted by Gasteiger charge is 2.29. The van der Waals surface area contributed by atoms with E-state index in [2.05, 4.69) is 9.88 Å². The number of hydrogen-bond acceptors (Lipinski definition) is 5. The van der Waals surface area contributed by atoms with Crippen LogP contribution in [0, 0.1) is 0 Å². The van der Waals surface area contributed by atoms with Crippen molar-refractivity contribution in [3.63, 3.8) is 0 Å². The van der Waals surface area contributed by atoms with Crippen molar-refractivity contribution in [3.05, 3.63) is 24.4 Å². The highest BCUT2D eigenvalue weighted by Crippen LogP contribution is 2.16. The van der Waals surface area contributed by atoms with Gasteiger partial charge >= 0.3 is 6.09 Å². The Bertz CT molecular complexity index is 558. The molecule has 2 amide bonds. The van der Waals surface area contributed by atoms with E-state index < -0.39 is 0 Å². The lowest BCUT2D eigenvalue weighted by Gasteiger charge is -2.35. The zero-order valence-corrected chi connectivity index (χ0v) is 13.4. The summed E-state index contributed by atoms with van der Waals surface area (Å²) in [5.41, 5.74) is 0. The van der Waals surface area contributed by atoms with Crippen LogP contribution in [0.2, 0.25) is 0 Å². The molecule has 7 nitrogen and oxygen atoms in total. The first kappa shape index (κ1) is 15.6. The van der Waals surface area contributed by atoms with Crippen LogP contribution < -0.4 is 4.90 Å². The van der Waals surface area contributed by atoms with Crippen molar-refractivity contribution in [3.8, 4) is 0 Å². The van der Waals surface area contributed by atoms with E-state index in [1.807, 2.05) is 23.1 Å². The van der Waals surface area contributed by atoms with Gasteiger partial charge in [-0.25, -0.2) is 9.78 Å². The lowest BCUT2D eigenvalue weighted by molar-refractivity contribution is -0.132. The van der Waals surface area contributed by atoms with Crippen LogP contribution in [-0.2, 0) is 9.53 Å². The SMILES string of the molecule is CN1CC(CCC(=O)N2CCN(c3ccccn3)CC2)OC1=O. The van der Waals surface area contributed by atoms with Crippen molar-refractivity contribution >= 4 is 17.8 Å². The third kappa shape index (κ3) is 3.72. The van der Waals surface area contributed by atoms with E-state index in [1.54, 1.807) is 18.1 Å². The van der Waals surface area contributed by atoms with E-state index in [0.717, 1.165) is 18.9 Å². The largest absolute Gasteiger partial charge is 0.444 e. The molecule has 0 aliphatic carbocycles. The second-order valence-electron chi connectivity index (χ2n) is 5.98. The Balaban J connectivity index is 1.43. The molecular weight excluding hydrogens is 296 g/mol. The lowest BCUT2D eigenvalue weighted by Crippen LogP contribution is -2.49. The Hall–Kier alpha value is -2.31. The first-order valence-electron chi connectivity index (χ1n) is 7.99. The zero-order valence-electron chi connectivity index (χ0n) is 13.4. The number of carbonyl (C=O) groups is 2. The summed E-state index contributed by atoms with van der Waals surface area (Å²) in [5, 5.41) is 0. The number of carbonyl (C=O) groups excluding carboxylic acids is 2. The van der Waals surface area contributed by atoms with Crippen LogP contribution in [0.15, 0.2) is 24.4 Å². The third-order valence-corrected chi connectivity index (χ3v) is 4.34. The summed E-state index contributed by atoms with van der Waals surface area (Å²) < 4.78 is 5.19. The summed E-state index contributed by atoms with van der Waals surface area (Å²) in [7, 11) is 1.71. The monoisotopic (exact) mass is 318 g/mol. The number of aromatic nitrogens is 1. The van der Waals surface area contributed by atoms with Gasteiger partial charge in [0.1, 0.15) is 11.9 Å². The summed E-state index contributed by atoms with van der Waals surface area (Å²) in [6.45, 7) is 3.58. The molecule has 23 heavy (non-hydrogen) atoms. The fourth-order valence-corrected chi connectivity index (χ4v) is 2.97. The summed E-state index contributed by atoms with van der Waals surface area (Å²) in [6, 6.07) is 5.86. The number of ether oxygens (including phenoxy) is 1. The maximum absolute atomic E-state index is 12.3. The van der Waals surface area contributed by atoms with Gasteiger partial charge in [-0.05, 0) is 18.6 Å². The van der Waals surface area contributed by atoms with E-state index in [4.69, 9.17) is 4.74 Å². The normalized spacial score (nSPS) is 21.5. The van der Waals surface area contributed by atoms with Crippen molar-refractivity contribution in [1.82, 2.24) is 14.8 Å². The van der Waals surface area contributed by atoms with Gasteiger partial charge in [0.15, 0.2) is 0 Å². The lowest BCUT2D eigenvalue weighted by atomic mass is 10.1. The molecule has 1 aromatic heterocycles. The standard InChI is InChI=1S/C16H22N4O3/c1-18-12-13(23-16(18)22)5-6-15(21)20-10-8-19(9-11-20)14-4-2-3-7-17-14/h2-4,7,13H,5-6,8-12H2,1H3. The van der Waals surface area contributed by atoms with Gasteiger partial charge in [-0.3, -0.25) is 4.79 Å². The van der Waals surface area contributed by atoms with Gasteiger partial charge in [0.05, 0.1) is 6.54 Å². The topological polar surface area (TPSA) is 66.0 Å². The van der Waals surface area contributed by atoms with Gasteiger partial charge in [0.25, 0.3) is 0 Å². The van der Waals surface area contributed by atoms with Gasteiger partial charge in [0.2, 0.25) is 5.91 Å². The number of pyridine rings is 1. The molecule has 2 fully saturated rings. The summed E-state index contributed by atoms with van der Waals surface area (Å²) in [6.07, 6.45) is 2.34. The van der Waals surface area contributed by atoms with Crippen LogP contribution in [-0.4, -0.2) is 72.7 Å². The fraction of sp³-hybridized carbons (Fsp3) is 0.562. The van der Waals surface area contributed by atoms with E-state index in [1.165, 1.54) is 0 Å². The quantitative estimate of drug-likeness (QED) is 0.827. The first-order valence-corrected chi connectivity index (χ1v) is 7.99. The molecule has 1 aromatic rings. The average Bonchev–Trinajstić information content (AvgIpc) is 2.92. The number of likely N-dealkylation sites (N-methyl/N-ethyl adjacent to an activating group) is 1. The van der Waals surface area contributed by atoms with Gasteiger partial charge in [-0.15, -0.1) is 0 Å². The van der Waals surface area contributed by atoms with Crippen molar-refractivity contribution in [2.45, 2.75) is 18.9 Å². The molecule has 2 aliphatic heterocycles. The fourth-order valence-electron chi connectivity index (χ4n) is 2.97. The molecule has 7 heteroatoms.